The number of nitrogens with zero attached hydrogens (tertiary/aromatic N) is 3. The van der Waals surface area contributed by atoms with Crippen LogP contribution in [0.3, 0.4) is 0 Å². The monoisotopic (exact) mass is 376 g/mol. The van der Waals surface area contributed by atoms with Gasteiger partial charge >= 0.3 is 0 Å². The summed E-state index contributed by atoms with van der Waals surface area (Å²) in [5, 5.41) is 11.7. The Morgan fingerprint density at radius 1 is 1.38 bits per heavy atom. The molecule has 1 fully saturated rings. The molecule has 9 heteroatoms. The summed E-state index contributed by atoms with van der Waals surface area (Å²) in [6, 6.07) is 7.06. The third-order valence-electron chi connectivity index (χ3n) is 4.32. The van der Waals surface area contributed by atoms with Gasteiger partial charge in [0.1, 0.15) is 17.4 Å². The van der Waals surface area contributed by atoms with Crippen LogP contribution in [-0.2, 0) is 20.9 Å². The molecule has 1 aliphatic rings. The highest BCUT2D eigenvalue weighted by molar-refractivity contribution is 7.15. The maximum atomic E-state index is 12.8. The minimum Gasteiger partial charge on any atom is -0.497 e. The largest absolute Gasteiger partial charge is 0.497 e. The molecule has 0 bridgehead atoms. The summed E-state index contributed by atoms with van der Waals surface area (Å²) in [6.07, 6.45) is 0.147. The van der Waals surface area contributed by atoms with Gasteiger partial charge in [0.15, 0.2) is 0 Å². The van der Waals surface area contributed by atoms with Crippen LogP contribution in [0, 0.1) is 5.92 Å². The van der Waals surface area contributed by atoms with Crippen molar-refractivity contribution in [3.63, 3.8) is 0 Å². The minimum atomic E-state index is -0.519. The van der Waals surface area contributed by atoms with Crippen molar-refractivity contribution < 1.29 is 19.1 Å². The van der Waals surface area contributed by atoms with Crippen molar-refractivity contribution >= 4 is 28.3 Å². The lowest BCUT2D eigenvalue weighted by atomic mass is 9.93. The predicted molar refractivity (Wildman–Crippen MR) is 95.9 cm³/mol. The fourth-order valence-electron chi connectivity index (χ4n) is 3.07. The summed E-state index contributed by atoms with van der Waals surface area (Å²) < 4.78 is 10.3. The number of anilines is 1. The van der Waals surface area contributed by atoms with Crippen LogP contribution in [0.5, 0.6) is 5.75 Å². The number of hydrogen-bond acceptors (Lipinski definition) is 7. The molecule has 3 rings (SSSR count). The zero-order valence-electron chi connectivity index (χ0n) is 14.8. The quantitative estimate of drug-likeness (QED) is 0.827. The number of methoxy groups -OCH3 is 2. The van der Waals surface area contributed by atoms with E-state index in [0.29, 0.717) is 22.5 Å². The Bertz CT molecular complexity index is 810. The standard InChI is InChI=1S/C17H20N4O4S/c1-21-14(22)8-12(15(21)10-5-4-6-11(7-10)25-3)16(23)18-17-20-19-13(26-17)9-24-2/h4-7,12,15H,8-9H2,1-3H3,(H,18,20,23)/t12-,15+/m1/s1. The molecule has 26 heavy (non-hydrogen) atoms. The normalized spacial score (nSPS) is 19.7. The molecule has 1 saturated heterocycles. The molecule has 0 radical (unpaired) electrons. The molecule has 8 nitrogen and oxygen atoms in total. The Labute approximate surface area is 155 Å². The number of carbonyl (C=O) groups excluding carboxylic acids is 2. The van der Waals surface area contributed by atoms with Gasteiger partial charge < -0.3 is 19.7 Å². The van der Waals surface area contributed by atoms with Gasteiger partial charge in [-0.3, -0.25) is 9.59 Å². The highest BCUT2D eigenvalue weighted by atomic mass is 32.1. The van der Waals surface area contributed by atoms with Crippen molar-refractivity contribution in [3.05, 3.63) is 34.8 Å². The lowest BCUT2D eigenvalue weighted by Crippen LogP contribution is -2.30. The summed E-state index contributed by atoms with van der Waals surface area (Å²) in [5.41, 5.74) is 0.857. The third-order valence-corrected chi connectivity index (χ3v) is 5.14. The summed E-state index contributed by atoms with van der Waals surface area (Å²) in [5.74, 6) is -0.164. The van der Waals surface area contributed by atoms with Crippen LogP contribution in [-0.4, -0.2) is 48.2 Å². The number of hydrogen-bond donors (Lipinski definition) is 1. The maximum absolute atomic E-state index is 12.8. The zero-order chi connectivity index (χ0) is 18.7. The molecule has 0 unspecified atom stereocenters. The van der Waals surface area contributed by atoms with Gasteiger partial charge in [-0.25, -0.2) is 0 Å². The Hall–Kier alpha value is -2.52. The highest BCUT2D eigenvalue weighted by Crippen LogP contribution is 2.38. The fraction of sp³-hybridized carbons (Fsp3) is 0.412. The van der Waals surface area contributed by atoms with Gasteiger partial charge in [-0.2, -0.15) is 0 Å². The van der Waals surface area contributed by atoms with Crippen LogP contribution >= 0.6 is 11.3 Å². The van der Waals surface area contributed by atoms with Gasteiger partial charge in [-0.05, 0) is 17.7 Å². The maximum Gasteiger partial charge on any atom is 0.232 e. The second-order valence-electron chi connectivity index (χ2n) is 5.96. The first-order chi connectivity index (χ1) is 12.5. The molecule has 2 heterocycles. The lowest BCUT2D eigenvalue weighted by molar-refractivity contribution is -0.127. The van der Waals surface area contributed by atoms with Crippen LogP contribution in [0.4, 0.5) is 5.13 Å². The van der Waals surface area contributed by atoms with Crippen LogP contribution in [0.15, 0.2) is 24.3 Å². The predicted octanol–water partition coefficient (Wildman–Crippen LogP) is 1.85. The first-order valence-electron chi connectivity index (χ1n) is 8.05. The number of aromatic nitrogens is 2. The minimum absolute atomic E-state index is 0.0738. The molecular weight excluding hydrogens is 356 g/mol. The van der Waals surface area contributed by atoms with Gasteiger partial charge in [0, 0.05) is 20.6 Å². The van der Waals surface area contributed by atoms with Crippen molar-refractivity contribution in [2.24, 2.45) is 5.92 Å². The SMILES string of the molecule is COCc1nnc(NC(=O)[C@@H]2CC(=O)N(C)[C@H]2c2cccc(OC)c2)s1. The van der Waals surface area contributed by atoms with E-state index >= 15 is 0 Å². The van der Waals surface area contributed by atoms with Crippen molar-refractivity contribution in [2.45, 2.75) is 19.1 Å². The number of likely N-dealkylation sites (tertiary alicyclic amines) is 1. The zero-order valence-corrected chi connectivity index (χ0v) is 15.6. The second kappa shape index (κ2) is 7.79. The highest BCUT2D eigenvalue weighted by Gasteiger charge is 2.43. The van der Waals surface area contributed by atoms with Crippen molar-refractivity contribution in [3.8, 4) is 5.75 Å². The van der Waals surface area contributed by atoms with Gasteiger partial charge in [-0.15, -0.1) is 10.2 Å². The van der Waals surface area contributed by atoms with E-state index in [1.54, 1.807) is 26.2 Å². The summed E-state index contributed by atoms with van der Waals surface area (Å²) in [7, 11) is 4.86. The topological polar surface area (TPSA) is 93.7 Å². The first-order valence-corrected chi connectivity index (χ1v) is 8.87. The summed E-state index contributed by atoms with van der Waals surface area (Å²) >= 11 is 1.25. The van der Waals surface area contributed by atoms with E-state index in [1.165, 1.54) is 11.3 Å². The molecule has 2 aromatic rings. The van der Waals surface area contributed by atoms with Gasteiger partial charge in [0.2, 0.25) is 16.9 Å². The van der Waals surface area contributed by atoms with Crippen LogP contribution in [0.2, 0.25) is 0 Å². The number of carbonyl (C=O) groups is 2. The van der Waals surface area contributed by atoms with E-state index in [4.69, 9.17) is 9.47 Å². The lowest BCUT2D eigenvalue weighted by Gasteiger charge is -2.25. The molecule has 0 spiro atoms. The van der Waals surface area contributed by atoms with E-state index in [9.17, 15) is 9.59 Å². The fourth-order valence-corrected chi connectivity index (χ4v) is 3.79. The molecule has 0 saturated carbocycles. The molecule has 2 atom stereocenters. The first kappa shape index (κ1) is 18.3. The van der Waals surface area contributed by atoms with Crippen molar-refractivity contribution in [2.75, 3.05) is 26.6 Å². The molecule has 1 N–H and O–H groups in total. The molecule has 2 amide bonds. The molecule has 1 aromatic carbocycles. The third kappa shape index (κ3) is 3.68. The molecule has 0 aliphatic carbocycles. The van der Waals surface area contributed by atoms with E-state index in [1.807, 2.05) is 24.3 Å². The number of benzene rings is 1. The van der Waals surface area contributed by atoms with Crippen LogP contribution in [0.25, 0.3) is 0 Å². The Kier molecular flexibility index (Phi) is 5.48. The van der Waals surface area contributed by atoms with Gasteiger partial charge in [0.05, 0.1) is 19.1 Å². The smallest absolute Gasteiger partial charge is 0.232 e. The summed E-state index contributed by atoms with van der Waals surface area (Å²) in [4.78, 5) is 26.6. The molecule has 138 valence electrons. The summed E-state index contributed by atoms with van der Waals surface area (Å²) in [6.45, 7) is 0.338. The average molecular weight is 376 g/mol. The number of rotatable bonds is 6. The van der Waals surface area contributed by atoms with Crippen LogP contribution in [0.1, 0.15) is 23.0 Å². The average Bonchev–Trinajstić information content (AvgIpc) is 3.20. The van der Waals surface area contributed by atoms with Gasteiger partial charge in [-0.1, -0.05) is 23.5 Å². The van der Waals surface area contributed by atoms with Crippen LogP contribution < -0.4 is 10.1 Å². The number of amides is 2. The van der Waals surface area contributed by atoms with E-state index in [0.717, 1.165) is 5.56 Å². The number of ether oxygens (including phenoxy) is 2. The Balaban J connectivity index is 1.81. The molecule has 1 aliphatic heterocycles. The van der Waals surface area contributed by atoms with E-state index in [-0.39, 0.29) is 24.3 Å². The Morgan fingerprint density at radius 3 is 2.92 bits per heavy atom. The molecular formula is C17H20N4O4S. The second-order valence-corrected chi connectivity index (χ2v) is 7.02. The Morgan fingerprint density at radius 2 is 2.19 bits per heavy atom. The van der Waals surface area contributed by atoms with Crippen molar-refractivity contribution in [1.82, 2.24) is 15.1 Å². The van der Waals surface area contributed by atoms with Gasteiger partial charge in [0.25, 0.3) is 0 Å². The van der Waals surface area contributed by atoms with Crippen molar-refractivity contribution in [1.29, 1.82) is 0 Å². The number of nitrogens with one attached hydrogen (secondary N) is 1. The van der Waals surface area contributed by atoms with E-state index in [2.05, 4.69) is 15.5 Å². The molecule has 1 aromatic heterocycles. The van der Waals surface area contributed by atoms with E-state index < -0.39 is 5.92 Å².